The van der Waals surface area contributed by atoms with Crippen LogP contribution in [0.3, 0.4) is 0 Å². The maximum absolute atomic E-state index is 15.1. The van der Waals surface area contributed by atoms with Crippen molar-refractivity contribution in [2.75, 3.05) is 11.6 Å². The lowest BCUT2D eigenvalue weighted by Gasteiger charge is -2.18. The first-order valence-corrected chi connectivity index (χ1v) is 13.2. The molecule has 1 saturated carbocycles. The normalized spacial score (nSPS) is 15.7. The van der Waals surface area contributed by atoms with Crippen LogP contribution in [0.15, 0.2) is 35.2 Å². The molecule has 1 atom stereocenters. The van der Waals surface area contributed by atoms with Crippen LogP contribution in [0.2, 0.25) is 0 Å². The molecule has 0 bridgehead atoms. The zero-order chi connectivity index (χ0) is 28.9. The fourth-order valence-electron chi connectivity index (χ4n) is 3.99. The second-order valence-corrected chi connectivity index (χ2v) is 11.3. The first kappa shape index (κ1) is 27.9. The van der Waals surface area contributed by atoms with Gasteiger partial charge in [0.05, 0.1) is 21.2 Å². The van der Waals surface area contributed by atoms with E-state index in [0.29, 0.717) is 12.8 Å². The molecular formula is C25H20F5N5O3S. The summed E-state index contributed by atoms with van der Waals surface area (Å²) in [7, 11) is -3.18. The standard InChI is InChI=1S/C25H20F5N5O3S/c1-12-9-16(24(11-31)7-8-24)18(26)19(27)20(12)38-23-17(13(2)21(34-35-23)25(28,29)30)22(36)33-14-5-4-6-15(10-14)39(3,32)37/h4-6,9-10,32H,7-8H2,1-3H3,(H,33,36). The second-order valence-electron chi connectivity index (χ2n) is 9.17. The SMILES string of the molecule is Cc1cc(C2(C#N)CC2)c(F)c(F)c1Oc1nnc(C(F)(F)F)c(C)c1C(=O)Nc1cccc(S(C)(=N)=O)c1. The van der Waals surface area contributed by atoms with Crippen LogP contribution >= 0.6 is 0 Å². The summed E-state index contributed by atoms with van der Waals surface area (Å²) in [5.41, 5.74) is -4.28. The van der Waals surface area contributed by atoms with Crippen LogP contribution in [0.5, 0.6) is 11.6 Å². The van der Waals surface area contributed by atoms with E-state index in [1.54, 1.807) is 0 Å². The molecular weight excluding hydrogens is 545 g/mol. The van der Waals surface area contributed by atoms with Crippen molar-refractivity contribution < 1.29 is 35.7 Å². The molecule has 204 valence electrons. The average molecular weight is 566 g/mol. The van der Waals surface area contributed by atoms with Crippen LogP contribution in [0, 0.1) is 41.6 Å². The number of benzene rings is 2. The molecule has 2 aromatic carbocycles. The number of alkyl halides is 3. The highest BCUT2D eigenvalue weighted by Crippen LogP contribution is 2.50. The Hall–Kier alpha value is -4.12. The third-order valence-corrected chi connectivity index (χ3v) is 7.40. The largest absolute Gasteiger partial charge is 0.435 e. The van der Waals surface area contributed by atoms with Gasteiger partial charge in [0.15, 0.2) is 17.3 Å². The number of nitrogens with zero attached hydrogens (tertiary/aromatic N) is 3. The van der Waals surface area contributed by atoms with Crippen molar-refractivity contribution in [3.63, 3.8) is 0 Å². The molecule has 4 rings (SSSR count). The summed E-state index contributed by atoms with van der Waals surface area (Å²) in [4.78, 5) is 13.3. The predicted octanol–water partition coefficient (Wildman–Crippen LogP) is 6.03. The molecule has 39 heavy (non-hydrogen) atoms. The summed E-state index contributed by atoms with van der Waals surface area (Å²) in [5, 5.41) is 18.2. The second kappa shape index (κ2) is 9.57. The first-order valence-electron chi connectivity index (χ1n) is 11.3. The molecule has 0 spiro atoms. The van der Waals surface area contributed by atoms with E-state index in [-0.39, 0.29) is 21.7 Å². The molecule has 1 aromatic heterocycles. The number of carbonyl (C=O) groups excluding carboxylic acids is 1. The van der Waals surface area contributed by atoms with E-state index in [4.69, 9.17) is 9.52 Å². The van der Waals surface area contributed by atoms with Gasteiger partial charge in [-0.3, -0.25) is 4.79 Å². The first-order chi connectivity index (χ1) is 18.1. The highest BCUT2D eigenvalue weighted by atomic mass is 32.2. The van der Waals surface area contributed by atoms with Crippen LogP contribution in [0.4, 0.5) is 27.6 Å². The Bertz CT molecular complexity index is 1660. The number of aromatic nitrogens is 2. The number of ether oxygens (including phenoxy) is 1. The number of rotatable bonds is 6. The summed E-state index contributed by atoms with van der Waals surface area (Å²) < 4.78 is 95.9. The van der Waals surface area contributed by atoms with E-state index >= 15 is 4.39 Å². The van der Waals surface area contributed by atoms with Gasteiger partial charge in [-0.05, 0) is 62.1 Å². The van der Waals surface area contributed by atoms with Gasteiger partial charge < -0.3 is 10.1 Å². The molecule has 1 heterocycles. The van der Waals surface area contributed by atoms with Crippen LogP contribution in [0.1, 0.15) is 45.6 Å². The molecule has 1 unspecified atom stereocenters. The Kier molecular flexibility index (Phi) is 6.84. The van der Waals surface area contributed by atoms with E-state index in [1.807, 2.05) is 6.07 Å². The smallest absolute Gasteiger partial charge is 0.433 e. The van der Waals surface area contributed by atoms with Crippen molar-refractivity contribution in [3.8, 4) is 17.7 Å². The molecule has 1 amide bonds. The van der Waals surface area contributed by atoms with Crippen molar-refractivity contribution >= 4 is 21.3 Å². The van der Waals surface area contributed by atoms with Crippen LogP contribution in [-0.4, -0.2) is 26.6 Å². The number of nitriles is 1. The van der Waals surface area contributed by atoms with Gasteiger partial charge in [-0.2, -0.15) is 22.8 Å². The van der Waals surface area contributed by atoms with E-state index in [1.165, 1.54) is 37.3 Å². The molecule has 2 N–H and O–H groups in total. The summed E-state index contributed by atoms with van der Waals surface area (Å²) in [6, 6.07) is 8.50. The monoisotopic (exact) mass is 565 g/mol. The van der Waals surface area contributed by atoms with Gasteiger partial charge in [0.1, 0.15) is 5.56 Å². The van der Waals surface area contributed by atoms with Gasteiger partial charge in [0.25, 0.3) is 11.8 Å². The Balaban J connectivity index is 1.80. The van der Waals surface area contributed by atoms with Crippen molar-refractivity contribution in [1.29, 1.82) is 10.0 Å². The lowest BCUT2D eigenvalue weighted by Crippen LogP contribution is -2.21. The maximum Gasteiger partial charge on any atom is 0.435 e. The fourth-order valence-corrected chi connectivity index (χ4v) is 4.68. The zero-order valence-corrected chi connectivity index (χ0v) is 21.5. The lowest BCUT2D eigenvalue weighted by atomic mass is 9.94. The number of amides is 1. The third-order valence-electron chi connectivity index (χ3n) is 6.25. The Morgan fingerprint density at radius 2 is 1.85 bits per heavy atom. The topological polar surface area (TPSA) is 129 Å². The van der Waals surface area contributed by atoms with Crippen molar-refractivity contribution in [2.24, 2.45) is 0 Å². The Labute approximate surface area is 219 Å². The fraction of sp³-hybridized carbons (Fsp3) is 0.280. The molecule has 1 fully saturated rings. The van der Waals surface area contributed by atoms with E-state index in [2.05, 4.69) is 15.5 Å². The van der Waals surface area contributed by atoms with E-state index in [0.717, 1.165) is 13.2 Å². The predicted molar refractivity (Wildman–Crippen MR) is 129 cm³/mol. The van der Waals surface area contributed by atoms with Crippen LogP contribution in [-0.2, 0) is 21.3 Å². The summed E-state index contributed by atoms with van der Waals surface area (Å²) >= 11 is 0. The minimum atomic E-state index is -5.01. The molecule has 1 aliphatic carbocycles. The van der Waals surface area contributed by atoms with Crippen LogP contribution in [0.25, 0.3) is 0 Å². The average Bonchev–Trinajstić information content (AvgIpc) is 3.64. The van der Waals surface area contributed by atoms with Gasteiger partial charge >= 0.3 is 6.18 Å². The quantitative estimate of drug-likeness (QED) is 0.352. The number of nitrogens with one attached hydrogen (secondary N) is 2. The number of anilines is 1. The number of hydrogen-bond donors (Lipinski definition) is 2. The summed E-state index contributed by atoms with van der Waals surface area (Å²) in [6.45, 7) is 2.28. The third kappa shape index (κ3) is 5.26. The molecule has 0 radical (unpaired) electrons. The molecule has 8 nitrogen and oxygen atoms in total. The highest BCUT2D eigenvalue weighted by Gasteiger charge is 2.48. The van der Waals surface area contributed by atoms with Gasteiger partial charge in [-0.15, -0.1) is 10.2 Å². The summed E-state index contributed by atoms with van der Waals surface area (Å²) in [6.07, 6.45) is -3.19. The van der Waals surface area contributed by atoms with Crippen molar-refractivity contribution in [1.82, 2.24) is 10.2 Å². The number of hydrogen-bond acceptors (Lipinski definition) is 7. The van der Waals surface area contributed by atoms with Crippen molar-refractivity contribution in [3.05, 3.63) is 69.9 Å². The number of halogens is 5. The maximum atomic E-state index is 15.1. The van der Waals surface area contributed by atoms with E-state index in [9.17, 15) is 31.8 Å². The number of carbonyl (C=O) groups is 1. The van der Waals surface area contributed by atoms with Gasteiger partial charge in [0.2, 0.25) is 5.82 Å². The highest BCUT2D eigenvalue weighted by molar-refractivity contribution is 7.91. The Morgan fingerprint density at radius 1 is 1.18 bits per heavy atom. The molecule has 14 heteroatoms. The molecule has 0 aliphatic heterocycles. The summed E-state index contributed by atoms with van der Waals surface area (Å²) in [5.74, 6) is -5.59. The minimum Gasteiger partial charge on any atom is -0.433 e. The molecule has 3 aromatic rings. The number of aryl methyl sites for hydroxylation is 1. The van der Waals surface area contributed by atoms with Crippen molar-refractivity contribution in [2.45, 2.75) is 43.2 Å². The lowest BCUT2D eigenvalue weighted by molar-refractivity contribution is -0.142. The van der Waals surface area contributed by atoms with E-state index < -0.39 is 67.3 Å². The Morgan fingerprint density at radius 3 is 2.41 bits per heavy atom. The minimum absolute atomic E-state index is 0.000890. The zero-order valence-electron chi connectivity index (χ0n) is 20.7. The molecule has 1 aliphatic rings. The van der Waals surface area contributed by atoms with Crippen LogP contribution < -0.4 is 10.1 Å². The molecule has 0 saturated heterocycles. The van der Waals surface area contributed by atoms with Gasteiger partial charge in [-0.25, -0.2) is 13.4 Å². The van der Waals surface area contributed by atoms with Gasteiger partial charge in [0, 0.05) is 22.4 Å². The van der Waals surface area contributed by atoms with Gasteiger partial charge in [-0.1, -0.05) is 6.07 Å².